The molecule has 0 N–H and O–H groups in total. The summed E-state index contributed by atoms with van der Waals surface area (Å²) >= 11 is 0. The van der Waals surface area contributed by atoms with Crippen LogP contribution in [0, 0.1) is 18.8 Å². The molecule has 2 unspecified atom stereocenters. The van der Waals surface area contributed by atoms with E-state index in [2.05, 4.69) is 13.8 Å². The van der Waals surface area contributed by atoms with Crippen molar-refractivity contribution in [1.82, 2.24) is 4.90 Å². The molecule has 2 aliphatic rings. The Kier molecular flexibility index (Phi) is 4.03. The molecule has 1 aromatic rings. The molecule has 2 fully saturated rings. The maximum Gasteiger partial charge on any atom is 0.244 e. The number of sulfone groups is 1. The van der Waals surface area contributed by atoms with Gasteiger partial charge in [0.05, 0.1) is 4.90 Å². The number of likely N-dealkylation sites (tertiary alicyclic amines) is 1. The van der Waals surface area contributed by atoms with Crippen LogP contribution in [-0.2, 0) is 14.6 Å². The van der Waals surface area contributed by atoms with Crippen LogP contribution in [0.15, 0.2) is 29.2 Å². The highest BCUT2D eigenvalue weighted by Gasteiger charge is 2.62. The molecule has 0 radical (unpaired) electrons. The number of nitrogens with zero attached hydrogens (tertiary/aromatic N) is 1. The van der Waals surface area contributed by atoms with Crippen LogP contribution in [0.5, 0.6) is 0 Å². The van der Waals surface area contributed by atoms with Crippen molar-refractivity contribution in [2.75, 3.05) is 13.1 Å². The van der Waals surface area contributed by atoms with Crippen molar-refractivity contribution in [3.8, 4) is 0 Å². The summed E-state index contributed by atoms with van der Waals surface area (Å²) in [5.41, 5.74) is 1.01. The molecule has 0 bridgehead atoms. The molecule has 1 amide bonds. The Balaban J connectivity index is 1.89. The fourth-order valence-electron chi connectivity index (χ4n) is 3.77. The molecule has 0 aromatic heterocycles. The van der Waals surface area contributed by atoms with Crippen molar-refractivity contribution in [3.05, 3.63) is 29.8 Å². The number of carbonyl (C=O) groups is 1. The Labute approximate surface area is 138 Å². The minimum Gasteiger partial charge on any atom is -0.341 e. The maximum absolute atomic E-state index is 13.0. The predicted octanol–water partition coefficient (Wildman–Crippen LogP) is 2.81. The lowest BCUT2D eigenvalue weighted by atomic mass is 9.91. The number of amides is 1. The standard InChI is InChI=1S/C18H25NO3S/c1-13-4-6-16(7-5-13)23(21,22)18(8-9-18)17(20)19-11-14(2)10-15(3)12-19/h4-7,14-15H,8-12H2,1-3H3. The number of aryl methyl sites for hydroxylation is 1. The van der Waals surface area contributed by atoms with Crippen LogP contribution in [-0.4, -0.2) is 37.1 Å². The molecular weight excluding hydrogens is 310 g/mol. The Morgan fingerprint density at radius 1 is 1.09 bits per heavy atom. The fraction of sp³-hybridized carbons (Fsp3) is 0.611. The molecule has 1 heterocycles. The van der Waals surface area contributed by atoms with Crippen molar-refractivity contribution >= 4 is 15.7 Å². The van der Waals surface area contributed by atoms with Gasteiger partial charge in [0.2, 0.25) is 5.91 Å². The smallest absolute Gasteiger partial charge is 0.244 e. The third kappa shape index (κ3) is 2.80. The summed E-state index contributed by atoms with van der Waals surface area (Å²) in [6, 6.07) is 6.83. The zero-order valence-corrected chi connectivity index (χ0v) is 14.9. The SMILES string of the molecule is Cc1ccc(S(=O)(=O)C2(C(=O)N3CC(C)CC(C)C3)CC2)cc1. The summed E-state index contributed by atoms with van der Waals surface area (Å²) in [5.74, 6) is 0.678. The van der Waals surface area contributed by atoms with Crippen LogP contribution in [0.3, 0.4) is 0 Å². The number of piperidine rings is 1. The van der Waals surface area contributed by atoms with Crippen molar-refractivity contribution in [1.29, 1.82) is 0 Å². The van der Waals surface area contributed by atoms with Crippen LogP contribution in [0.2, 0.25) is 0 Å². The highest BCUT2D eigenvalue weighted by molar-refractivity contribution is 7.94. The third-order valence-electron chi connectivity index (χ3n) is 5.10. The third-order valence-corrected chi connectivity index (χ3v) is 7.60. The van der Waals surface area contributed by atoms with Crippen LogP contribution in [0.1, 0.15) is 38.7 Å². The van der Waals surface area contributed by atoms with E-state index in [1.165, 1.54) is 0 Å². The van der Waals surface area contributed by atoms with Crippen LogP contribution in [0.25, 0.3) is 0 Å². The van der Waals surface area contributed by atoms with E-state index in [-0.39, 0.29) is 10.8 Å². The van der Waals surface area contributed by atoms with Gasteiger partial charge in [0.25, 0.3) is 0 Å². The second-order valence-electron chi connectivity index (χ2n) is 7.47. The number of carbonyl (C=O) groups excluding carboxylic acids is 1. The second kappa shape index (κ2) is 5.62. The molecule has 2 atom stereocenters. The van der Waals surface area contributed by atoms with Gasteiger partial charge in [-0.2, -0.15) is 0 Å². The van der Waals surface area contributed by atoms with Gasteiger partial charge in [-0.3, -0.25) is 4.79 Å². The molecule has 1 aliphatic carbocycles. The van der Waals surface area contributed by atoms with Gasteiger partial charge in [-0.15, -0.1) is 0 Å². The number of hydrogen-bond donors (Lipinski definition) is 0. The molecule has 126 valence electrons. The summed E-state index contributed by atoms with van der Waals surface area (Å²) in [6.07, 6.45) is 1.99. The topological polar surface area (TPSA) is 54.5 Å². The first kappa shape index (κ1) is 16.5. The Morgan fingerprint density at radius 3 is 2.09 bits per heavy atom. The number of rotatable bonds is 3. The number of hydrogen-bond acceptors (Lipinski definition) is 3. The largest absolute Gasteiger partial charge is 0.341 e. The van der Waals surface area contributed by atoms with E-state index < -0.39 is 14.6 Å². The minimum absolute atomic E-state index is 0.184. The van der Waals surface area contributed by atoms with E-state index >= 15 is 0 Å². The van der Waals surface area contributed by atoms with Crippen molar-refractivity contribution in [2.24, 2.45) is 11.8 Å². The normalized spacial score (nSPS) is 26.8. The Bertz CT molecular complexity index is 694. The zero-order chi connectivity index (χ0) is 16.8. The minimum atomic E-state index is -3.62. The van der Waals surface area contributed by atoms with Crippen LogP contribution >= 0.6 is 0 Å². The van der Waals surface area contributed by atoms with Gasteiger partial charge >= 0.3 is 0 Å². The highest BCUT2D eigenvalue weighted by atomic mass is 32.2. The molecule has 1 saturated heterocycles. The number of benzene rings is 1. The van der Waals surface area contributed by atoms with Gasteiger partial charge < -0.3 is 4.90 Å². The first-order valence-electron chi connectivity index (χ1n) is 8.37. The predicted molar refractivity (Wildman–Crippen MR) is 89.9 cm³/mol. The van der Waals surface area contributed by atoms with Gasteiger partial charge in [0, 0.05) is 13.1 Å². The van der Waals surface area contributed by atoms with Gasteiger partial charge in [-0.25, -0.2) is 8.42 Å². The lowest BCUT2D eigenvalue weighted by Crippen LogP contribution is -2.50. The molecule has 3 rings (SSSR count). The van der Waals surface area contributed by atoms with E-state index in [1.54, 1.807) is 29.2 Å². The van der Waals surface area contributed by atoms with E-state index in [9.17, 15) is 13.2 Å². The van der Waals surface area contributed by atoms with Crippen LogP contribution in [0.4, 0.5) is 0 Å². The van der Waals surface area contributed by atoms with E-state index in [0.717, 1.165) is 12.0 Å². The lowest BCUT2D eigenvalue weighted by Gasteiger charge is -2.37. The van der Waals surface area contributed by atoms with Gasteiger partial charge in [0.15, 0.2) is 14.6 Å². The highest BCUT2D eigenvalue weighted by Crippen LogP contribution is 2.48. The Hall–Kier alpha value is -1.36. The maximum atomic E-state index is 13.0. The van der Waals surface area contributed by atoms with Gasteiger partial charge in [-0.05, 0) is 50.2 Å². The molecule has 4 nitrogen and oxygen atoms in total. The average Bonchev–Trinajstić information content (AvgIpc) is 3.28. The van der Waals surface area contributed by atoms with Crippen molar-refractivity contribution < 1.29 is 13.2 Å². The molecular formula is C18H25NO3S. The van der Waals surface area contributed by atoms with Gasteiger partial charge in [0.1, 0.15) is 0 Å². The van der Waals surface area contributed by atoms with Gasteiger partial charge in [-0.1, -0.05) is 31.5 Å². The first-order valence-corrected chi connectivity index (χ1v) is 9.85. The monoisotopic (exact) mass is 335 g/mol. The molecule has 1 aliphatic heterocycles. The summed E-state index contributed by atoms with van der Waals surface area (Å²) in [4.78, 5) is 15.1. The van der Waals surface area contributed by atoms with Crippen molar-refractivity contribution in [3.63, 3.8) is 0 Å². The zero-order valence-electron chi connectivity index (χ0n) is 14.1. The fourth-order valence-corrected chi connectivity index (χ4v) is 5.72. The quantitative estimate of drug-likeness (QED) is 0.853. The molecule has 23 heavy (non-hydrogen) atoms. The molecule has 0 spiro atoms. The van der Waals surface area contributed by atoms with Crippen LogP contribution < -0.4 is 0 Å². The molecule has 1 aromatic carbocycles. The van der Waals surface area contributed by atoms with Crippen molar-refractivity contribution in [2.45, 2.75) is 49.7 Å². The summed E-state index contributed by atoms with van der Waals surface area (Å²) in [7, 11) is -3.62. The summed E-state index contributed by atoms with van der Waals surface area (Å²) in [6.45, 7) is 7.53. The molecule has 5 heteroatoms. The van der Waals surface area contributed by atoms with E-state index in [0.29, 0.717) is 37.8 Å². The van der Waals surface area contributed by atoms with E-state index in [1.807, 2.05) is 6.92 Å². The second-order valence-corrected chi connectivity index (χ2v) is 9.73. The summed E-state index contributed by atoms with van der Waals surface area (Å²) < 4.78 is 24.8. The first-order chi connectivity index (χ1) is 10.8. The summed E-state index contributed by atoms with van der Waals surface area (Å²) in [5, 5.41) is 0. The Morgan fingerprint density at radius 2 is 1.61 bits per heavy atom. The average molecular weight is 335 g/mol. The van der Waals surface area contributed by atoms with E-state index in [4.69, 9.17) is 0 Å². The lowest BCUT2D eigenvalue weighted by molar-refractivity contribution is -0.134. The molecule has 1 saturated carbocycles.